The largest absolute Gasteiger partial charge is 0.0805 e. The molecule has 0 aromatic carbocycles. The summed E-state index contributed by atoms with van der Waals surface area (Å²) in [6.07, 6.45) is 15.2. The Kier molecular flexibility index (Phi) is 3.02. The predicted octanol–water partition coefficient (Wildman–Crippen LogP) is 6.39. The Morgan fingerprint density at radius 1 is 1.10 bits per heavy atom. The number of allylic oxidation sites excluding steroid dienone is 4. The Morgan fingerprint density at radius 2 is 1.90 bits per heavy atom. The zero-order chi connectivity index (χ0) is 14.8. The van der Waals surface area contributed by atoms with Gasteiger partial charge in [0.15, 0.2) is 0 Å². The van der Waals surface area contributed by atoms with E-state index in [0.29, 0.717) is 10.8 Å². The summed E-state index contributed by atoms with van der Waals surface area (Å²) in [5.74, 6) is 3.91. The van der Waals surface area contributed by atoms with Crippen LogP contribution in [0.15, 0.2) is 23.3 Å². The average molecular weight is 287 g/mol. The molecule has 0 nitrogen and oxygen atoms in total. The van der Waals surface area contributed by atoms with Gasteiger partial charge in [0.2, 0.25) is 0 Å². The quantitative estimate of drug-likeness (QED) is 0.484. The van der Waals surface area contributed by atoms with Crippen molar-refractivity contribution in [3.63, 3.8) is 0 Å². The lowest BCUT2D eigenvalue weighted by atomic mass is 9.48. The van der Waals surface area contributed by atoms with Crippen LogP contribution in [0, 0.1) is 34.5 Å². The lowest BCUT2D eigenvalue weighted by Crippen LogP contribution is -2.48. The van der Waals surface area contributed by atoms with E-state index in [2.05, 4.69) is 39.8 Å². The smallest absolute Gasteiger partial charge is 0 e. The zero-order valence-electron chi connectivity index (χ0n) is 14.4. The molecule has 4 aliphatic carbocycles. The molecule has 0 spiro atoms. The second kappa shape index (κ2) is 4.49. The van der Waals surface area contributed by atoms with Gasteiger partial charge in [-0.3, -0.25) is 0 Å². The van der Waals surface area contributed by atoms with E-state index >= 15 is 0 Å². The molecule has 0 saturated heterocycles. The Hall–Kier alpha value is -0.520. The molecule has 6 atom stereocenters. The highest BCUT2D eigenvalue weighted by molar-refractivity contribution is 5.36. The molecule has 2 fully saturated rings. The van der Waals surface area contributed by atoms with Gasteiger partial charge in [-0.05, 0) is 91.9 Å². The van der Waals surface area contributed by atoms with Gasteiger partial charge in [-0.2, -0.15) is 0 Å². The number of rotatable bonds is 0. The molecule has 4 rings (SSSR count). The van der Waals surface area contributed by atoms with E-state index in [1.165, 1.54) is 44.9 Å². The van der Waals surface area contributed by atoms with Crippen LogP contribution in [0.1, 0.15) is 74.1 Å². The van der Waals surface area contributed by atoms with Gasteiger partial charge in [0.25, 0.3) is 0 Å². The zero-order valence-corrected chi connectivity index (χ0v) is 14.4. The van der Waals surface area contributed by atoms with Crippen LogP contribution >= 0.6 is 0 Å². The van der Waals surface area contributed by atoms with Crippen LogP contribution in [0.3, 0.4) is 0 Å². The molecule has 21 heavy (non-hydrogen) atoms. The van der Waals surface area contributed by atoms with Crippen LogP contribution in [0.5, 0.6) is 0 Å². The monoisotopic (exact) mass is 286 g/mol. The van der Waals surface area contributed by atoms with Gasteiger partial charge in [0.1, 0.15) is 0 Å². The van der Waals surface area contributed by atoms with Crippen LogP contribution in [-0.4, -0.2) is 0 Å². The molecule has 118 valence electrons. The number of fused-ring (bicyclic) bond motifs is 5. The summed E-state index contributed by atoms with van der Waals surface area (Å²) in [6.45, 7) is 10.1. The van der Waals surface area contributed by atoms with E-state index < -0.39 is 0 Å². The fraction of sp³-hybridized carbons (Fsp3) is 0.810. The Labute approximate surface area is 132 Å². The third-order valence-corrected chi connectivity index (χ3v) is 8.44. The predicted molar refractivity (Wildman–Crippen MR) is 92.1 cm³/mol. The second-order valence-corrected chi connectivity index (χ2v) is 9.20. The third-order valence-electron chi connectivity index (χ3n) is 8.44. The lowest BCUT2D eigenvalue weighted by Gasteiger charge is -2.57. The topological polar surface area (TPSA) is 0 Å². The van der Waals surface area contributed by atoms with E-state index in [1.54, 1.807) is 11.1 Å². The molecule has 0 radical (unpaired) electrons. The van der Waals surface area contributed by atoms with Crippen LogP contribution < -0.4 is 0 Å². The molecule has 0 bridgehead atoms. The molecule has 0 heterocycles. The number of hydrogen-bond acceptors (Lipinski definition) is 0. The van der Waals surface area contributed by atoms with Gasteiger partial charge in [0.05, 0.1) is 0 Å². The number of hydrogen-bond donors (Lipinski definition) is 0. The van der Waals surface area contributed by atoms with Crippen molar-refractivity contribution in [1.29, 1.82) is 0 Å². The van der Waals surface area contributed by atoms with E-state index in [1.807, 2.05) is 0 Å². The summed E-state index contributed by atoms with van der Waals surface area (Å²) in [4.78, 5) is 0. The van der Waals surface area contributed by atoms with Crippen molar-refractivity contribution < 1.29 is 1.43 Å². The van der Waals surface area contributed by atoms with E-state index in [0.717, 1.165) is 23.7 Å². The summed E-state index contributed by atoms with van der Waals surface area (Å²) in [7, 11) is 0. The van der Waals surface area contributed by atoms with Crippen LogP contribution in [0.2, 0.25) is 0 Å². The summed E-state index contributed by atoms with van der Waals surface area (Å²) in [6, 6.07) is 0. The summed E-state index contributed by atoms with van der Waals surface area (Å²) in [5.41, 5.74) is 4.45. The maximum atomic E-state index is 2.64. The molecule has 0 amide bonds. The maximum absolute atomic E-state index is 2.64. The van der Waals surface area contributed by atoms with E-state index in [-0.39, 0.29) is 1.43 Å². The minimum Gasteiger partial charge on any atom is -0.0805 e. The first-order chi connectivity index (χ1) is 9.95. The first kappa shape index (κ1) is 14.1. The van der Waals surface area contributed by atoms with Gasteiger partial charge >= 0.3 is 0 Å². The van der Waals surface area contributed by atoms with Gasteiger partial charge < -0.3 is 0 Å². The SMILES string of the molecule is CC1=CC2=CCC3C4CCC(C)[C@@]4(C)CCC3[C@@]2(C)CC1.[HH]. The van der Waals surface area contributed by atoms with Crippen molar-refractivity contribution >= 4 is 0 Å². The lowest BCUT2D eigenvalue weighted by molar-refractivity contribution is -0.0329. The van der Waals surface area contributed by atoms with Crippen molar-refractivity contribution in [2.24, 2.45) is 34.5 Å². The molecule has 2 saturated carbocycles. The summed E-state index contributed by atoms with van der Waals surface area (Å²) < 4.78 is 0. The fourth-order valence-corrected chi connectivity index (χ4v) is 6.73. The molecular weight excluding hydrogens is 252 g/mol. The molecule has 0 aromatic rings. The minimum atomic E-state index is 0. The van der Waals surface area contributed by atoms with Crippen molar-refractivity contribution in [3.8, 4) is 0 Å². The van der Waals surface area contributed by atoms with Crippen molar-refractivity contribution in [1.82, 2.24) is 0 Å². The van der Waals surface area contributed by atoms with Gasteiger partial charge in [-0.1, -0.05) is 38.5 Å². The highest BCUT2D eigenvalue weighted by Crippen LogP contribution is 2.65. The van der Waals surface area contributed by atoms with Gasteiger partial charge in [-0.25, -0.2) is 0 Å². The fourth-order valence-electron chi connectivity index (χ4n) is 6.73. The summed E-state index contributed by atoms with van der Waals surface area (Å²) in [5, 5.41) is 0. The molecule has 0 aromatic heterocycles. The highest BCUT2D eigenvalue weighted by atomic mass is 14.6. The van der Waals surface area contributed by atoms with Gasteiger partial charge in [0, 0.05) is 1.43 Å². The molecule has 0 heteroatoms. The van der Waals surface area contributed by atoms with E-state index in [9.17, 15) is 0 Å². The molecule has 0 N–H and O–H groups in total. The highest BCUT2D eigenvalue weighted by Gasteiger charge is 2.56. The standard InChI is InChI=1S/C21H32.H2/c1-14-9-11-21(4)16(13-14)6-7-17-18-8-5-15(2)20(18,3)12-10-19(17)21;/h6,13,15,17-19H,5,7-12H2,1-4H3;1H/t15?,17?,18?,19?,20-,21+;/m1./s1. The normalized spacial score (nSPS) is 52.4. The average Bonchev–Trinajstić information content (AvgIpc) is 2.76. The Balaban J connectivity index is 0.00000144. The first-order valence-corrected chi connectivity index (χ1v) is 9.33. The van der Waals surface area contributed by atoms with Crippen LogP contribution in [-0.2, 0) is 0 Å². The van der Waals surface area contributed by atoms with Crippen LogP contribution in [0.4, 0.5) is 0 Å². The molecule has 4 aliphatic rings. The van der Waals surface area contributed by atoms with Gasteiger partial charge in [-0.15, -0.1) is 0 Å². The Morgan fingerprint density at radius 3 is 2.71 bits per heavy atom. The minimum absolute atomic E-state index is 0. The van der Waals surface area contributed by atoms with E-state index in [4.69, 9.17) is 0 Å². The maximum Gasteiger partial charge on any atom is 0 e. The molecule has 4 unspecified atom stereocenters. The third kappa shape index (κ3) is 1.80. The second-order valence-electron chi connectivity index (χ2n) is 9.20. The first-order valence-electron chi connectivity index (χ1n) is 9.33. The van der Waals surface area contributed by atoms with Crippen molar-refractivity contribution in [3.05, 3.63) is 23.3 Å². The Bertz CT molecular complexity index is 516. The summed E-state index contributed by atoms with van der Waals surface area (Å²) >= 11 is 0. The molecule has 0 aliphatic heterocycles. The molecular formula is C21H34. The van der Waals surface area contributed by atoms with Crippen molar-refractivity contribution in [2.75, 3.05) is 0 Å². The van der Waals surface area contributed by atoms with Crippen LogP contribution in [0.25, 0.3) is 0 Å². The van der Waals surface area contributed by atoms with Crippen molar-refractivity contribution in [2.45, 2.75) is 72.6 Å².